The summed E-state index contributed by atoms with van der Waals surface area (Å²) in [5, 5.41) is 1.59. The predicted molar refractivity (Wildman–Crippen MR) is 185 cm³/mol. The van der Waals surface area contributed by atoms with Gasteiger partial charge < -0.3 is 14.2 Å². The number of hydrogen-bond acceptors (Lipinski definition) is 4. The van der Waals surface area contributed by atoms with Crippen LogP contribution in [-0.2, 0) is 11.2 Å². The standard InChI is InChI=1S/C36H46ClN2O3P/c1-11-13-23(3)28(21-40)25(5)38-16-17-39(36(9,10)22-38)34(41)31-19-26(12-2)33(42-31)29(35(6,7)8)18-24(4)27-14-15-30(37)32(43)20-27/h11,13-15,18-21H,4-5,12,16-17,22,43H2,1-3,6-10H3/b13-11-,28-23-,29-18+. The summed E-state index contributed by atoms with van der Waals surface area (Å²) in [6.07, 6.45) is 7.45. The van der Waals surface area contributed by atoms with Gasteiger partial charge in [0.05, 0.1) is 5.54 Å². The molecule has 0 saturated carbocycles. The molecule has 7 heteroatoms. The van der Waals surface area contributed by atoms with Crippen molar-refractivity contribution >= 4 is 49.5 Å². The van der Waals surface area contributed by atoms with Gasteiger partial charge in [-0.25, -0.2) is 0 Å². The van der Waals surface area contributed by atoms with E-state index in [9.17, 15) is 9.59 Å². The van der Waals surface area contributed by atoms with E-state index in [1.165, 1.54) is 0 Å². The van der Waals surface area contributed by atoms with E-state index >= 15 is 0 Å². The SMILES string of the molecule is C=C(/C=C(\c1oc(C(=O)N2CCN(C(=C)/C(C=O)=C(C)\C=C/C)CC2(C)C)cc1CC)C(C)(C)C)c1ccc(Cl)c(P)c1. The molecule has 1 unspecified atom stereocenters. The fourth-order valence-corrected chi connectivity index (χ4v) is 5.84. The third-order valence-corrected chi connectivity index (χ3v) is 8.94. The van der Waals surface area contributed by atoms with Gasteiger partial charge in [-0.2, -0.15) is 0 Å². The van der Waals surface area contributed by atoms with Crippen LogP contribution >= 0.6 is 20.8 Å². The van der Waals surface area contributed by atoms with Crippen LogP contribution in [0.25, 0.3) is 11.1 Å². The number of piperazine rings is 1. The number of allylic oxidation sites excluding steroid dienone is 7. The normalized spacial score (nSPS) is 16.4. The van der Waals surface area contributed by atoms with Gasteiger partial charge >= 0.3 is 0 Å². The lowest BCUT2D eigenvalue weighted by Crippen LogP contribution is -2.60. The Morgan fingerprint density at radius 2 is 1.86 bits per heavy atom. The zero-order chi connectivity index (χ0) is 32.3. The highest BCUT2D eigenvalue weighted by Gasteiger charge is 2.39. The molecule has 1 atom stereocenters. The van der Waals surface area contributed by atoms with Gasteiger partial charge in [-0.3, -0.25) is 9.59 Å². The predicted octanol–water partition coefficient (Wildman–Crippen LogP) is 8.28. The molecule has 1 aromatic carbocycles. The van der Waals surface area contributed by atoms with Crippen LogP contribution in [0, 0.1) is 5.41 Å². The van der Waals surface area contributed by atoms with Gasteiger partial charge in [0.1, 0.15) is 5.76 Å². The number of furan rings is 1. The van der Waals surface area contributed by atoms with E-state index in [4.69, 9.17) is 16.0 Å². The fourth-order valence-electron chi connectivity index (χ4n) is 5.44. The van der Waals surface area contributed by atoms with E-state index in [-0.39, 0.29) is 11.3 Å². The van der Waals surface area contributed by atoms with Gasteiger partial charge in [-0.05, 0) is 91.4 Å². The van der Waals surface area contributed by atoms with Crippen LogP contribution in [0.15, 0.2) is 76.9 Å². The van der Waals surface area contributed by atoms with Crippen molar-refractivity contribution in [3.8, 4) is 0 Å². The van der Waals surface area contributed by atoms with E-state index in [1.54, 1.807) is 0 Å². The van der Waals surface area contributed by atoms with E-state index in [2.05, 4.69) is 61.1 Å². The highest BCUT2D eigenvalue weighted by atomic mass is 35.5. The molecule has 3 rings (SSSR count). The van der Waals surface area contributed by atoms with Crippen molar-refractivity contribution in [1.29, 1.82) is 0 Å². The molecule has 1 amide bonds. The Balaban J connectivity index is 1.95. The topological polar surface area (TPSA) is 53.8 Å². The third-order valence-electron chi connectivity index (χ3n) is 7.94. The lowest BCUT2D eigenvalue weighted by molar-refractivity contribution is -0.105. The molecule has 2 aromatic rings. The number of aldehydes is 1. The minimum atomic E-state index is -0.526. The van der Waals surface area contributed by atoms with E-state index in [1.807, 2.05) is 69.0 Å². The summed E-state index contributed by atoms with van der Waals surface area (Å²) in [6, 6.07) is 7.71. The van der Waals surface area contributed by atoms with Crippen LogP contribution in [0.2, 0.25) is 5.02 Å². The maximum absolute atomic E-state index is 14.0. The van der Waals surface area contributed by atoms with Crippen molar-refractivity contribution in [3.63, 3.8) is 0 Å². The van der Waals surface area contributed by atoms with E-state index in [0.717, 1.165) is 39.4 Å². The molecule has 1 aliphatic heterocycles. The minimum Gasteiger partial charge on any atom is -0.451 e. The largest absolute Gasteiger partial charge is 0.451 e. The Morgan fingerprint density at radius 1 is 1.19 bits per heavy atom. The number of carbonyl (C=O) groups excluding carboxylic acids is 2. The lowest BCUT2D eigenvalue weighted by atomic mass is 9.82. The Morgan fingerprint density at radius 3 is 2.40 bits per heavy atom. The van der Waals surface area contributed by atoms with Gasteiger partial charge in [-0.15, -0.1) is 9.24 Å². The summed E-state index contributed by atoms with van der Waals surface area (Å²) in [4.78, 5) is 29.9. The summed E-state index contributed by atoms with van der Waals surface area (Å²) in [5.41, 5.74) is 5.06. The fraction of sp³-hybridized carbons (Fsp3) is 0.389. The molecular formula is C36H46ClN2O3P. The first-order valence-corrected chi connectivity index (χ1v) is 15.7. The second-order valence-corrected chi connectivity index (χ2v) is 13.8. The molecule has 1 fully saturated rings. The molecule has 1 saturated heterocycles. The number of carbonyl (C=O) groups is 2. The maximum Gasteiger partial charge on any atom is 0.290 e. The Hall–Kier alpha value is -3.14. The Labute approximate surface area is 265 Å². The molecule has 5 nitrogen and oxygen atoms in total. The summed E-state index contributed by atoms with van der Waals surface area (Å²) in [5.74, 6) is 0.888. The third kappa shape index (κ3) is 7.69. The highest BCUT2D eigenvalue weighted by molar-refractivity contribution is 7.28. The minimum absolute atomic E-state index is 0.148. The van der Waals surface area contributed by atoms with Crippen molar-refractivity contribution in [3.05, 3.63) is 100 Å². The molecule has 1 aromatic heterocycles. The molecule has 0 bridgehead atoms. The first-order valence-electron chi connectivity index (χ1n) is 14.7. The zero-order valence-corrected chi connectivity index (χ0v) is 28.8. The molecule has 2 heterocycles. The van der Waals surface area contributed by atoms with E-state index in [0.29, 0.717) is 53.9 Å². The van der Waals surface area contributed by atoms with Gasteiger partial charge in [0.15, 0.2) is 12.0 Å². The van der Waals surface area contributed by atoms with Crippen LogP contribution in [0.5, 0.6) is 0 Å². The lowest BCUT2D eigenvalue weighted by Gasteiger charge is -2.48. The Kier molecular flexibility index (Phi) is 10.9. The van der Waals surface area contributed by atoms with Gasteiger partial charge in [0.2, 0.25) is 0 Å². The van der Waals surface area contributed by atoms with E-state index < -0.39 is 5.54 Å². The first-order chi connectivity index (χ1) is 20.0. The van der Waals surface area contributed by atoms with Crippen molar-refractivity contribution in [2.24, 2.45) is 5.41 Å². The smallest absolute Gasteiger partial charge is 0.290 e. The summed E-state index contributed by atoms with van der Waals surface area (Å²) < 4.78 is 6.45. The van der Waals surface area contributed by atoms with Crippen LogP contribution in [-0.4, -0.2) is 47.2 Å². The summed E-state index contributed by atoms with van der Waals surface area (Å²) in [6.45, 7) is 26.5. The van der Waals surface area contributed by atoms with Crippen molar-refractivity contribution in [2.75, 3.05) is 19.6 Å². The maximum atomic E-state index is 14.0. The molecule has 0 N–H and O–H groups in total. The molecule has 1 aliphatic rings. The molecule has 0 aliphatic carbocycles. The van der Waals surface area contributed by atoms with Crippen LogP contribution < -0.4 is 5.30 Å². The molecule has 230 valence electrons. The van der Waals surface area contributed by atoms with Crippen molar-refractivity contribution < 1.29 is 14.0 Å². The number of hydrogen-bond donors (Lipinski definition) is 0. The average Bonchev–Trinajstić information content (AvgIpc) is 3.36. The molecule has 0 spiro atoms. The van der Waals surface area contributed by atoms with Crippen LogP contribution in [0.4, 0.5) is 0 Å². The number of halogens is 1. The molecular weight excluding hydrogens is 575 g/mol. The number of rotatable bonds is 9. The highest BCUT2D eigenvalue weighted by Crippen LogP contribution is 2.40. The van der Waals surface area contributed by atoms with Gasteiger partial charge in [0, 0.05) is 41.5 Å². The van der Waals surface area contributed by atoms with Gasteiger partial charge in [-0.1, -0.05) is 70.7 Å². The van der Waals surface area contributed by atoms with Gasteiger partial charge in [0.25, 0.3) is 5.91 Å². The molecule has 0 radical (unpaired) electrons. The monoisotopic (exact) mass is 620 g/mol. The number of nitrogens with zero attached hydrogens (tertiary/aromatic N) is 2. The second-order valence-electron chi connectivity index (χ2n) is 12.7. The average molecular weight is 621 g/mol. The van der Waals surface area contributed by atoms with Crippen molar-refractivity contribution in [1.82, 2.24) is 9.80 Å². The number of aryl methyl sites for hydroxylation is 1. The summed E-state index contributed by atoms with van der Waals surface area (Å²) >= 11 is 6.24. The second kappa shape index (κ2) is 13.7. The van der Waals surface area contributed by atoms with Crippen LogP contribution in [0.1, 0.15) is 82.8 Å². The van der Waals surface area contributed by atoms with Crippen LogP contribution in [0.3, 0.4) is 0 Å². The Bertz CT molecular complexity index is 1520. The molecule has 43 heavy (non-hydrogen) atoms. The number of amides is 1. The first kappa shape index (κ1) is 34.4. The zero-order valence-electron chi connectivity index (χ0n) is 26.9. The summed E-state index contributed by atoms with van der Waals surface area (Å²) in [7, 11) is 2.66. The quantitative estimate of drug-likeness (QED) is 0.123. The van der Waals surface area contributed by atoms with Crippen molar-refractivity contribution in [2.45, 2.75) is 67.3 Å². The number of benzene rings is 1.